The molecule has 2 heteroatoms. The van der Waals surface area contributed by atoms with Gasteiger partial charge in [0.05, 0.1) is 5.54 Å². The van der Waals surface area contributed by atoms with E-state index in [9.17, 15) is 4.79 Å². The summed E-state index contributed by atoms with van der Waals surface area (Å²) in [5, 5.41) is 0. The van der Waals surface area contributed by atoms with E-state index in [0.717, 1.165) is 11.1 Å². The topological polar surface area (TPSA) is 20.3 Å². The molecule has 1 unspecified atom stereocenters. The quantitative estimate of drug-likeness (QED) is 0.293. The van der Waals surface area contributed by atoms with Crippen LogP contribution >= 0.6 is 0 Å². The molecule has 0 fully saturated rings. The van der Waals surface area contributed by atoms with Gasteiger partial charge in [-0.05, 0) is 35.3 Å². The number of benzene rings is 4. The van der Waals surface area contributed by atoms with Crippen molar-refractivity contribution in [3.05, 3.63) is 161 Å². The molecule has 0 saturated carbocycles. The summed E-state index contributed by atoms with van der Waals surface area (Å²) < 4.78 is 0. The zero-order valence-corrected chi connectivity index (χ0v) is 19.3. The number of hydrogen-bond donors (Lipinski definition) is 0. The second kappa shape index (κ2) is 9.36. The summed E-state index contributed by atoms with van der Waals surface area (Å²) in [5.41, 5.74) is 5.36. The standard InChI is InChI=1S/C32H27NO/c1-32(28-20-12-5-13-21-28)22-29(26-16-8-3-9-17-26)30(31(34)27-18-10-4-11-19-27)24-33(32)23-25-14-6-2-7-15-25/h2-22,24H,23H2,1H3. The van der Waals surface area contributed by atoms with Crippen molar-refractivity contribution < 1.29 is 4.79 Å². The third-order valence-electron chi connectivity index (χ3n) is 6.52. The molecular formula is C32H27NO. The number of hydrogen-bond acceptors (Lipinski definition) is 2. The maximum atomic E-state index is 13.8. The van der Waals surface area contributed by atoms with Crippen molar-refractivity contribution in [3.63, 3.8) is 0 Å². The Morgan fingerprint density at radius 2 is 1.24 bits per heavy atom. The Labute approximate surface area is 201 Å². The molecule has 34 heavy (non-hydrogen) atoms. The van der Waals surface area contributed by atoms with Crippen molar-refractivity contribution in [1.82, 2.24) is 4.90 Å². The summed E-state index contributed by atoms with van der Waals surface area (Å²) in [6, 6.07) is 40.7. The predicted octanol–water partition coefficient (Wildman–Crippen LogP) is 7.27. The van der Waals surface area contributed by atoms with Crippen molar-refractivity contribution >= 4 is 11.4 Å². The fraction of sp³-hybridized carbons (Fsp3) is 0.0938. The second-order valence-electron chi connectivity index (χ2n) is 8.79. The van der Waals surface area contributed by atoms with Gasteiger partial charge in [0.25, 0.3) is 0 Å². The van der Waals surface area contributed by atoms with E-state index in [1.54, 1.807) is 0 Å². The molecule has 0 radical (unpaired) electrons. The number of nitrogens with zero attached hydrogens (tertiary/aromatic N) is 1. The van der Waals surface area contributed by atoms with Gasteiger partial charge in [0.2, 0.25) is 0 Å². The van der Waals surface area contributed by atoms with Gasteiger partial charge in [0.1, 0.15) is 0 Å². The molecule has 1 aliphatic rings. The van der Waals surface area contributed by atoms with Gasteiger partial charge >= 0.3 is 0 Å². The highest BCUT2D eigenvalue weighted by Gasteiger charge is 2.36. The van der Waals surface area contributed by atoms with E-state index >= 15 is 0 Å². The van der Waals surface area contributed by atoms with E-state index < -0.39 is 5.54 Å². The molecule has 0 bridgehead atoms. The third kappa shape index (κ3) is 4.23. The molecule has 2 nitrogen and oxygen atoms in total. The van der Waals surface area contributed by atoms with Crippen LogP contribution in [0.3, 0.4) is 0 Å². The molecule has 166 valence electrons. The zero-order chi connectivity index (χ0) is 23.4. The largest absolute Gasteiger partial charge is 0.360 e. The van der Waals surface area contributed by atoms with Gasteiger partial charge in [0, 0.05) is 23.9 Å². The molecule has 5 rings (SSSR count). The third-order valence-corrected chi connectivity index (χ3v) is 6.52. The average molecular weight is 442 g/mol. The Bertz CT molecular complexity index is 1330. The lowest BCUT2D eigenvalue weighted by molar-refractivity contribution is 0.103. The van der Waals surface area contributed by atoms with Crippen LogP contribution in [0.4, 0.5) is 0 Å². The molecule has 1 heterocycles. The maximum Gasteiger partial charge on any atom is 0.195 e. The van der Waals surface area contributed by atoms with Crippen LogP contribution < -0.4 is 0 Å². The van der Waals surface area contributed by atoms with Crippen LogP contribution in [0.5, 0.6) is 0 Å². The van der Waals surface area contributed by atoms with Crippen LogP contribution in [0.2, 0.25) is 0 Å². The minimum Gasteiger partial charge on any atom is -0.360 e. The molecule has 1 atom stereocenters. The molecule has 0 spiro atoms. The zero-order valence-electron chi connectivity index (χ0n) is 19.3. The van der Waals surface area contributed by atoms with Crippen molar-refractivity contribution in [2.24, 2.45) is 0 Å². The Morgan fingerprint density at radius 3 is 1.85 bits per heavy atom. The number of Topliss-reactive ketones (excluding diaryl/α,β-unsaturated/α-hetero) is 1. The fourth-order valence-corrected chi connectivity index (χ4v) is 4.60. The van der Waals surface area contributed by atoms with Crippen LogP contribution in [0, 0.1) is 0 Å². The first kappa shape index (κ1) is 21.7. The number of rotatable bonds is 6. The monoisotopic (exact) mass is 441 g/mol. The Kier molecular flexibility index (Phi) is 5.97. The van der Waals surface area contributed by atoms with E-state index in [1.807, 2.05) is 60.7 Å². The van der Waals surface area contributed by atoms with E-state index in [-0.39, 0.29) is 5.78 Å². The SMILES string of the molecule is CC1(c2ccccc2)C=C(c2ccccc2)C(C(=O)c2ccccc2)=CN1Cc1ccccc1. The van der Waals surface area contributed by atoms with Gasteiger partial charge < -0.3 is 4.90 Å². The smallest absolute Gasteiger partial charge is 0.195 e. The Balaban J connectivity index is 1.69. The summed E-state index contributed by atoms with van der Waals surface area (Å²) in [7, 11) is 0. The molecule has 0 saturated heterocycles. The van der Waals surface area contributed by atoms with Gasteiger partial charge in [-0.2, -0.15) is 0 Å². The van der Waals surface area contributed by atoms with E-state index in [0.29, 0.717) is 17.7 Å². The van der Waals surface area contributed by atoms with Gasteiger partial charge in [-0.25, -0.2) is 0 Å². The number of carbonyl (C=O) groups is 1. The summed E-state index contributed by atoms with van der Waals surface area (Å²) >= 11 is 0. The highest BCUT2D eigenvalue weighted by Crippen LogP contribution is 2.42. The number of ketones is 1. The summed E-state index contributed by atoms with van der Waals surface area (Å²) in [6.07, 6.45) is 4.33. The summed E-state index contributed by atoms with van der Waals surface area (Å²) in [5.74, 6) is 0.0314. The molecular weight excluding hydrogens is 414 g/mol. The minimum absolute atomic E-state index is 0.0314. The van der Waals surface area contributed by atoms with Crippen LogP contribution in [0.1, 0.15) is 34.0 Å². The molecule has 0 aliphatic carbocycles. The lowest BCUT2D eigenvalue weighted by Crippen LogP contribution is -2.41. The summed E-state index contributed by atoms with van der Waals surface area (Å²) in [4.78, 5) is 16.1. The minimum atomic E-state index is -0.428. The molecule has 4 aromatic rings. The predicted molar refractivity (Wildman–Crippen MR) is 139 cm³/mol. The lowest BCUT2D eigenvalue weighted by atomic mass is 9.80. The molecule has 1 aliphatic heterocycles. The van der Waals surface area contributed by atoms with Crippen LogP contribution in [-0.4, -0.2) is 10.7 Å². The van der Waals surface area contributed by atoms with E-state index in [2.05, 4.69) is 84.8 Å². The molecule has 0 aromatic heterocycles. The van der Waals surface area contributed by atoms with Crippen LogP contribution in [0.15, 0.2) is 139 Å². The maximum absolute atomic E-state index is 13.8. The normalized spacial score (nSPS) is 17.6. The van der Waals surface area contributed by atoms with Crippen LogP contribution in [0.25, 0.3) is 5.57 Å². The van der Waals surface area contributed by atoms with Gasteiger partial charge in [-0.1, -0.05) is 121 Å². The van der Waals surface area contributed by atoms with Crippen molar-refractivity contribution in [2.45, 2.75) is 19.0 Å². The first-order valence-corrected chi connectivity index (χ1v) is 11.6. The van der Waals surface area contributed by atoms with Gasteiger partial charge in [0.15, 0.2) is 5.78 Å². The molecule has 0 N–H and O–H groups in total. The Hall–Kier alpha value is -4.17. The van der Waals surface area contributed by atoms with E-state index in [1.165, 1.54) is 11.1 Å². The first-order valence-electron chi connectivity index (χ1n) is 11.6. The molecule has 0 amide bonds. The van der Waals surface area contributed by atoms with Gasteiger partial charge in [-0.3, -0.25) is 4.79 Å². The number of carbonyl (C=O) groups excluding carboxylic acids is 1. The lowest BCUT2D eigenvalue weighted by Gasteiger charge is -2.43. The highest BCUT2D eigenvalue weighted by atomic mass is 16.1. The molecule has 4 aromatic carbocycles. The van der Waals surface area contributed by atoms with Crippen molar-refractivity contribution in [3.8, 4) is 0 Å². The Morgan fingerprint density at radius 1 is 0.706 bits per heavy atom. The fourth-order valence-electron chi connectivity index (χ4n) is 4.60. The van der Waals surface area contributed by atoms with Gasteiger partial charge in [-0.15, -0.1) is 0 Å². The highest BCUT2D eigenvalue weighted by molar-refractivity contribution is 6.19. The van der Waals surface area contributed by atoms with E-state index in [4.69, 9.17) is 0 Å². The van der Waals surface area contributed by atoms with Crippen LogP contribution in [-0.2, 0) is 12.1 Å². The second-order valence-corrected chi connectivity index (χ2v) is 8.79. The van der Waals surface area contributed by atoms with Crippen molar-refractivity contribution in [2.75, 3.05) is 0 Å². The first-order chi connectivity index (χ1) is 16.6. The summed E-state index contributed by atoms with van der Waals surface area (Å²) in [6.45, 7) is 2.92. The number of allylic oxidation sites excluding steroid dienone is 2. The average Bonchev–Trinajstić information content (AvgIpc) is 2.91. The van der Waals surface area contributed by atoms with Crippen molar-refractivity contribution in [1.29, 1.82) is 0 Å².